The van der Waals surface area contributed by atoms with Crippen LogP contribution in [0.3, 0.4) is 0 Å². The van der Waals surface area contributed by atoms with Crippen LogP contribution in [0, 0.1) is 23.7 Å². The number of ether oxygens (including phenoxy) is 4. The summed E-state index contributed by atoms with van der Waals surface area (Å²) in [6.07, 6.45) is 3.34. The van der Waals surface area contributed by atoms with Crippen molar-refractivity contribution in [2.45, 2.75) is 155 Å². The second kappa shape index (κ2) is 19.0. The van der Waals surface area contributed by atoms with E-state index in [9.17, 15) is 30.6 Å². The number of rotatable bonds is 16. The third kappa shape index (κ3) is 11.8. The highest BCUT2D eigenvalue weighted by molar-refractivity contribution is 5.13. The Balaban J connectivity index is 2.07. The summed E-state index contributed by atoms with van der Waals surface area (Å²) in [6.45, 7) is 15.0. The maximum Gasteiger partial charge on any atom is 0.161 e. The van der Waals surface area contributed by atoms with Crippen molar-refractivity contribution >= 4 is 0 Å². The number of hydrogen-bond acceptors (Lipinski definition) is 10. The van der Waals surface area contributed by atoms with Gasteiger partial charge in [-0.3, -0.25) is 0 Å². The zero-order valence-electron chi connectivity index (χ0n) is 28.8. The lowest BCUT2D eigenvalue weighted by molar-refractivity contribution is -0.280. The van der Waals surface area contributed by atoms with Crippen LogP contribution >= 0.6 is 0 Å². The fraction of sp³-hybridized carbons (Fsp3) is 0.829. The SMILES string of the molecule is C/C=C/[C@H]1O[C@@H]([C@@H](C)[C@H](O)[C@H](C)[C@@H](O)[C@H](/C=C/C=C(\C)C[C@@H](C)[C@H](O)C[C@@H](C)O)OC)C[C@@H](O[C@@H]2C[C@H](O)[C@@H](O)[C@H](C)O2)[C@@H]1C. The van der Waals surface area contributed by atoms with E-state index in [2.05, 4.69) is 0 Å². The molecule has 2 heterocycles. The van der Waals surface area contributed by atoms with Crippen molar-refractivity contribution < 1.29 is 49.6 Å². The van der Waals surface area contributed by atoms with E-state index in [1.54, 1.807) is 26.8 Å². The summed E-state index contributed by atoms with van der Waals surface area (Å²) in [5.41, 5.74) is 1.05. The second-order valence-electron chi connectivity index (χ2n) is 13.6. The van der Waals surface area contributed by atoms with Gasteiger partial charge in [0.2, 0.25) is 0 Å². The molecule has 0 spiro atoms. The maximum absolute atomic E-state index is 11.5. The third-order valence-electron chi connectivity index (χ3n) is 9.66. The standard InChI is InChI=1S/C35H62O10/c1-10-12-28-22(5)30(45-32-17-27(38)35(41)25(8)43-32)18-31(44-28)23(6)33(39)24(7)34(40)29(42-9)14-11-13-19(2)15-20(3)26(37)16-21(4)36/h10-14,20-41H,15-18H2,1-9H3/b12-10+,14-11+,19-13+/t20-,21-,22-,23-,24+,25+,26-,27+,28-,29+,30-,31-,32-,33+,34-,35+/m1/s1. The summed E-state index contributed by atoms with van der Waals surface area (Å²) < 4.78 is 24.2. The Labute approximate surface area is 270 Å². The molecule has 2 rings (SSSR count). The molecule has 0 aromatic rings. The first kappa shape index (κ1) is 40.0. The topological polar surface area (TPSA) is 158 Å². The zero-order valence-corrected chi connectivity index (χ0v) is 28.8. The van der Waals surface area contributed by atoms with Crippen molar-refractivity contribution in [1.29, 1.82) is 0 Å². The summed E-state index contributed by atoms with van der Waals surface area (Å²) in [6, 6.07) is 0. The molecule has 45 heavy (non-hydrogen) atoms. The number of methoxy groups -OCH3 is 1. The van der Waals surface area contributed by atoms with E-state index in [-0.39, 0.29) is 42.5 Å². The van der Waals surface area contributed by atoms with Crippen LogP contribution in [-0.4, -0.2) is 111 Å². The first-order valence-electron chi connectivity index (χ1n) is 16.6. The quantitative estimate of drug-likeness (QED) is 0.109. The van der Waals surface area contributed by atoms with Crippen LogP contribution in [0.25, 0.3) is 0 Å². The minimum absolute atomic E-state index is 0.00892. The van der Waals surface area contributed by atoms with Gasteiger partial charge in [-0.05, 0) is 46.5 Å². The molecule has 0 aliphatic carbocycles. The Kier molecular flexibility index (Phi) is 16.9. The highest BCUT2D eigenvalue weighted by atomic mass is 16.7. The Morgan fingerprint density at radius 1 is 0.978 bits per heavy atom. The zero-order chi connectivity index (χ0) is 34.0. The number of allylic oxidation sites excluding steroid dienone is 4. The molecule has 0 saturated carbocycles. The molecule has 0 amide bonds. The Morgan fingerprint density at radius 3 is 2.22 bits per heavy atom. The highest BCUT2D eigenvalue weighted by Gasteiger charge is 2.44. The molecule has 10 heteroatoms. The van der Waals surface area contributed by atoms with Crippen molar-refractivity contribution in [3.8, 4) is 0 Å². The van der Waals surface area contributed by atoms with Crippen molar-refractivity contribution in [1.82, 2.24) is 0 Å². The molecule has 0 bridgehead atoms. The summed E-state index contributed by atoms with van der Waals surface area (Å²) in [5, 5.41) is 62.8. The summed E-state index contributed by atoms with van der Waals surface area (Å²) >= 11 is 0. The molecule has 2 fully saturated rings. The van der Waals surface area contributed by atoms with E-state index in [0.29, 0.717) is 19.3 Å². The molecule has 16 atom stereocenters. The number of hydrogen-bond donors (Lipinski definition) is 6. The van der Waals surface area contributed by atoms with E-state index in [4.69, 9.17) is 18.9 Å². The fourth-order valence-electron chi connectivity index (χ4n) is 6.43. The Morgan fingerprint density at radius 2 is 1.64 bits per heavy atom. The van der Waals surface area contributed by atoms with Gasteiger partial charge in [0.25, 0.3) is 0 Å². The van der Waals surface area contributed by atoms with Gasteiger partial charge in [0, 0.05) is 37.7 Å². The van der Waals surface area contributed by atoms with Crippen LogP contribution in [0.1, 0.15) is 81.1 Å². The van der Waals surface area contributed by atoms with Gasteiger partial charge >= 0.3 is 0 Å². The average molecular weight is 643 g/mol. The largest absolute Gasteiger partial charge is 0.393 e. The van der Waals surface area contributed by atoms with Crippen LogP contribution in [0.15, 0.2) is 36.0 Å². The van der Waals surface area contributed by atoms with Crippen LogP contribution < -0.4 is 0 Å². The van der Waals surface area contributed by atoms with Crippen molar-refractivity contribution in [2.75, 3.05) is 7.11 Å². The molecule has 0 aromatic carbocycles. The number of aliphatic hydroxyl groups is 6. The minimum atomic E-state index is -0.991. The molecular weight excluding hydrogens is 580 g/mol. The number of aliphatic hydroxyl groups excluding tert-OH is 6. The van der Waals surface area contributed by atoms with Gasteiger partial charge in [-0.15, -0.1) is 0 Å². The molecule has 10 nitrogen and oxygen atoms in total. The van der Waals surface area contributed by atoms with Gasteiger partial charge in [-0.25, -0.2) is 0 Å². The molecule has 262 valence electrons. The first-order valence-corrected chi connectivity index (χ1v) is 16.6. The predicted octanol–water partition coefficient (Wildman–Crippen LogP) is 3.27. The van der Waals surface area contributed by atoms with Gasteiger partial charge in [-0.1, -0.05) is 63.6 Å². The van der Waals surface area contributed by atoms with Crippen molar-refractivity contribution in [2.24, 2.45) is 23.7 Å². The Hall–Kier alpha value is -1.18. The first-order chi connectivity index (χ1) is 21.1. The monoisotopic (exact) mass is 642 g/mol. The Bertz CT molecular complexity index is 925. The smallest absolute Gasteiger partial charge is 0.161 e. The minimum Gasteiger partial charge on any atom is -0.393 e. The van der Waals surface area contributed by atoms with Gasteiger partial charge in [0.05, 0.1) is 54.9 Å². The molecule has 2 aliphatic heterocycles. The van der Waals surface area contributed by atoms with Crippen LogP contribution in [-0.2, 0) is 18.9 Å². The highest BCUT2D eigenvalue weighted by Crippen LogP contribution is 2.36. The molecule has 0 radical (unpaired) electrons. The molecule has 2 aliphatic rings. The van der Waals surface area contributed by atoms with Gasteiger partial charge in [0.1, 0.15) is 12.2 Å². The van der Waals surface area contributed by atoms with E-state index < -0.39 is 61.0 Å². The lowest BCUT2D eigenvalue weighted by atomic mass is 9.79. The van der Waals surface area contributed by atoms with Gasteiger partial charge < -0.3 is 49.6 Å². The van der Waals surface area contributed by atoms with Crippen LogP contribution in [0.2, 0.25) is 0 Å². The lowest BCUT2D eigenvalue weighted by Gasteiger charge is -2.45. The van der Waals surface area contributed by atoms with Gasteiger partial charge in [0.15, 0.2) is 6.29 Å². The van der Waals surface area contributed by atoms with Crippen LogP contribution in [0.5, 0.6) is 0 Å². The van der Waals surface area contributed by atoms with E-state index >= 15 is 0 Å². The normalized spacial score (nSPS) is 35.6. The molecule has 6 N–H and O–H groups in total. The maximum atomic E-state index is 11.5. The van der Waals surface area contributed by atoms with Gasteiger partial charge in [-0.2, -0.15) is 0 Å². The average Bonchev–Trinajstić information content (AvgIpc) is 2.98. The molecule has 0 unspecified atom stereocenters. The molecule has 2 saturated heterocycles. The fourth-order valence-corrected chi connectivity index (χ4v) is 6.43. The van der Waals surface area contributed by atoms with Crippen molar-refractivity contribution in [3.05, 3.63) is 36.0 Å². The van der Waals surface area contributed by atoms with E-state index in [1.807, 2.05) is 58.9 Å². The van der Waals surface area contributed by atoms with Crippen LogP contribution in [0.4, 0.5) is 0 Å². The second-order valence-corrected chi connectivity index (χ2v) is 13.6. The molecule has 0 aromatic heterocycles. The summed E-state index contributed by atoms with van der Waals surface area (Å²) in [7, 11) is 1.52. The van der Waals surface area contributed by atoms with Crippen molar-refractivity contribution in [3.63, 3.8) is 0 Å². The summed E-state index contributed by atoms with van der Waals surface area (Å²) in [5.74, 6) is -0.920. The molecular formula is C35H62O10. The van der Waals surface area contributed by atoms with E-state index in [1.165, 1.54) is 7.11 Å². The third-order valence-corrected chi connectivity index (χ3v) is 9.66. The predicted molar refractivity (Wildman–Crippen MR) is 173 cm³/mol. The summed E-state index contributed by atoms with van der Waals surface area (Å²) in [4.78, 5) is 0. The van der Waals surface area contributed by atoms with E-state index in [0.717, 1.165) is 5.57 Å². The lowest BCUT2D eigenvalue weighted by Crippen LogP contribution is -2.53.